The van der Waals surface area contributed by atoms with Crippen molar-refractivity contribution in [2.24, 2.45) is 0 Å². The maximum absolute atomic E-state index is 5.71. The van der Waals surface area contributed by atoms with Crippen molar-refractivity contribution in [3.8, 4) is 22.9 Å². The van der Waals surface area contributed by atoms with Crippen LogP contribution in [0.2, 0.25) is 0 Å². The van der Waals surface area contributed by atoms with Gasteiger partial charge in [0.1, 0.15) is 0 Å². The maximum atomic E-state index is 5.71. The van der Waals surface area contributed by atoms with Crippen LogP contribution >= 0.6 is 0 Å². The number of hydrogen-bond acceptors (Lipinski definition) is 5. The average Bonchev–Trinajstić information content (AvgIpc) is 2.98. The largest absolute Gasteiger partial charge is 0.416 e. The van der Waals surface area contributed by atoms with Crippen LogP contribution in [0.25, 0.3) is 22.9 Å². The molecule has 0 atom stereocenters. The van der Waals surface area contributed by atoms with Gasteiger partial charge in [0, 0.05) is 37.7 Å². The third-order valence-corrected chi connectivity index (χ3v) is 2.94. The summed E-state index contributed by atoms with van der Waals surface area (Å²) in [4.78, 5) is 6.08. The molecular formula is C15H14N4O. The Labute approximate surface area is 116 Å². The van der Waals surface area contributed by atoms with E-state index in [4.69, 9.17) is 4.42 Å². The van der Waals surface area contributed by atoms with Crippen LogP contribution in [0.15, 0.2) is 53.2 Å². The van der Waals surface area contributed by atoms with Crippen LogP contribution in [0.4, 0.5) is 5.69 Å². The predicted molar refractivity (Wildman–Crippen MR) is 77.3 cm³/mol. The van der Waals surface area contributed by atoms with Crippen LogP contribution in [0.5, 0.6) is 0 Å². The lowest BCUT2D eigenvalue weighted by Gasteiger charge is -2.12. The minimum Gasteiger partial charge on any atom is -0.416 e. The summed E-state index contributed by atoms with van der Waals surface area (Å²) in [5.41, 5.74) is 2.80. The van der Waals surface area contributed by atoms with Crippen molar-refractivity contribution in [3.05, 3.63) is 48.8 Å². The standard InChI is InChI=1S/C15H14N4O/c1-19(2)13-7-3-5-11(9-13)14-17-18-15(20-14)12-6-4-8-16-10-12/h3-10H,1-2H3. The van der Waals surface area contributed by atoms with E-state index in [0.29, 0.717) is 11.8 Å². The summed E-state index contributed by atoms with van der Waals surface area (Å²) in [7, 11) is 3.99. The fourth-order valence-corrected chi connectivity index (χ4v) is 1.86. The molecule has 100 valence electrons. The zero-order chi connectivity index (χ0) is 13.9. The Morgan fingerprint density at radius 3 is 2.40 bits per heavy atom. The quantitative estimate of drug-likeness (QED) is 0.729. The zero-order valence-electron chi connectivity index (χ0n) is 11.3. The molecule has 2 heterocycles. The molecular weight excluding hydrogens is 252 g/mol. The number of nitrogens with zero attached hydrogens (tertiary/aromatic N) is 4. The fourth-order valence-electron chi connectivity index (χ4n) is 1.86. The first-order chi connectivity index (χ1) is 9.74. The maximum Gasteiger partial charge on any atom is 0.249 e. The Bertz CT molecular complexity index is 707. The van der Waals surface area contributed by atoms with Crippen molar-refractivity contribution in [2.45, 2.75) is 0 Å². The molecule has 0 aliphatic rings. The van der Waals surface area contributed by atoms with Crippen molar-refractivity contribution in [3.63, 3.8) is 0 Å². The molecule has 0 bridgehead atoms. The van der Waals surface area contributed by atoms with Gasteiger partial charge in [-0.05, 0) is 30.3 Å². The van der Waals surface area contributed by atoms with Crippen LogP contribution in [-0.4, -0.2) is 29.3 Å². The van der Waals surface area contributed by atoms with Gasteiger partial charge >= 0.3 is 0 Å². The molecule has 0 unspecified atom stereocenters. The van der Waals surface area contributed by atoms with Crippen molar-refractivity contribution in [1.29, 1.82) is 0 Å². The smallest absolute Gasteiger partial charge is 0.249 e. The highest BCUT2D eigenvalue weighted by Gasteiger charge is 2.11. The number of hydrogen-bond donors (Lipinski definition) is 0. The van der Waals surface area contributed by atoms with E-state index < -0.39 is 0 Å². The van der Waals surface area contributed by atoms with Crippen LogP contribution < -0.4 is 4.90 Å². The summed E-state index contributed by atoms with van der Waals surface area (Å²) in [6, 6.07) is 11.7. The van der Waals surface area contributed by atoms with Gasteiger partial charge in [-0.3, -0.25) is 4.98 Å². The Kier molecular flexibility index (Phi) is 3.16. The molecule has 2 aromatic heterocycles. The van der Waals surface area contributed by atoms with E-state index >= 15 is 0 Å². The third-order valence-electron chi connectivity index (χ3n) is 2.94. The lowest BCUT2D eigenvalue weighted by Crippen LogP contribution is -2.08. The van der Waals surface area contributed by atoms with Gasteiger partial charge < -0.3 is 9.32 Å². The molecule has 0 radical (unpaired) electrons. The third kappa shape index (κ3) is 2.38. The summed E-state index contributed by atoms with van der Waals surface area (Å²) in [6.45, 7) is 0. The highest BCUT2D eigenvalue weighted by molar-refractivity contribution is 5.63. The van der Waals surface area contributed by atoms with Gasteiger partial charge in [0.2, 0.25) is 11.8 Å². The number of rotatable bonds is 3. The Morgan fingerprint density at radius 2 is 1.70 bits per heavy atom. The van der Waals surface area contributed by atoms with E-state index in [1.165, 1.54) is 0 Å². The first-order valence-electron chi connectivity index (χ1n) is 6.26. The molecule has 0 amide bonds. The van der Waals surface area contributed by atoms with Crippen molar-refractivity contribution >= 4 is 5.69 Å². The van der Waals surface area contributed by atoms with E-state index in [1.807, 2.05) is 55.4 Å². The molecule has 0 saturated heterocycles. The second-order valence-electron chi connectivity index (χ2n) is 4.60. The first kappa shape index (κ1) is 12.3. The van der Waals surface area contributed by atoms with Crippen LogP contribution in [-0.2, 0) is 0 Å². The van der Waals surface area contributed by atoms with Crippen molar-refractivity contribution in [1.82, 2.24) is 15.2 Å². The summed E-state index contributed by atoms with van der Waals surface area (Å²) < 4.78 is 5.71. The second kappa shape index (κ2) is 5.13. The lowest BCUT2D eigenvalue weighted by atomic mass is 10.2. The molecule has 5 nitrogen and oxygen atoms in total. The SMILES string of the molecule is CN(C)c1cccc(-c2nnc(-c3cccnc3)o2)c1. The second-order valence-corrected chi connectivity index (χ2v) is 4.60. The molecule has 0 aliphatic heterocycles. The van der Waals surface area contributed by atoms with E-state index in [1.54, 1.807) is 12.4 Å². The summed E-state index contributed by atoms with van der Waals surface area (Å²) in [6.07, 6.45) is 3.41. The summed E-state index contributed by atoms with van der Waals surface area (Å²) in [5, 5.41) is 8.17. The van der Waals surface area contributed by atoms with E-state index in [2.05, 4.69) is 15.2 Å². The summed E-state index contributed by atoms with van der Waals surface area (Å²) in [5.74, 6) is 0.982. The molecule has 0 N–H and O–H groups in total. The number of anilines is 1. The Balaban J connectivity index is 1.96. The van der Waals surface area contributed by atoms with E-state index in [9.17, 15) is 0 Å². The van der Waals surface area contributed by atoms with Crippen LogP contribution in [0, 0.1) is 0 Å². The molecule has 0 spiro atoms. The number of pyridine rings is 1. The number of aromatic nitrogens is 3. The topological polar surface area (TPSA) is 55.1 Å². The van der Waals surface area contributed by atoms with Gasteiger partial charge in [-0.1, -0.05) is 6.07 Å². The lowest BCUT2D eigenvalue weighted by molar-refractivity contribution is 0.584. The van der Waals surface area contributed by atoms with Gasteiger partial charge in [0.05, 0.1) is 5.56 Å². The van der Waals surface area contributed by atoms with Gasteiger partial charge in [-0.25, -0.2) is 0 Å². The van der Waals surface area contributed by atoms with E-state index in [-0.39, 0.29) is 0 Å². The van der Waals surface area contributed by atoms with E-state index in [0.717, 1.165) is 16.8 Å². The Morgan fingerprint density at radius 1 is 0.950 bits per heavy atom. The van der Waals surface area contributed by atoms with Crippen molar-refractivity contribution < 1.29 is 4.42 Å². The highest BCUT2D eigenvalue weighted by Crippen LogP contribution is 2.25. The molecule has 3 aromatic rings. The highest BCUT2D eigenvalue weighted by atomic mass is 16.4. The summed E-state index contributed by atoms with van der Waals surface area (Å²) >= 11 is 0. The molecule has 20 heavy (non-hydrogen) atoms. The van der Waals surface area contributed by atoms with Crippen molar-refractivity contribution in [2.75, 3.05) is 19.0 Å². The van der Waals surface area contributed by atoms with Gasteiger partial charge in [0.15, 0.2) is 0 Å². The molecule has 0 aliphatic carbocycles. The normalized spacial score (nSPS) is 10.5. The van der Waals surface area contributed by atoms with Gasteiger partial charge in [-0.15, -0.1) is 10.2 Å². The van der Waals surface area contributed by atoms with Crippen LogP contribution in [0.1, 0.15) is 0 Å². The molecule has 3 rings (SSSR count). The molecule has 0 fully saturated rings. The minimum atomic E-state index is 0.475. The minimum absolute atomic E-state index is 0.475. The van der Waals surface area contributed by atoms with Gasteiger partial charge in [0.25, 0.3) is 0 Å². The number of benzene rings is 1. The Hall–Kier alpha value is -2.69. The monoisotopic (exact) mass is 266 g/mol. The fraction of sp³-hybridized carbons (Fsp3) is 0.133. The molecule has 1 aromatic carbocycles. The van der Waals surface area contributed by atoms with Gasteiger partial charge in [-0.2, -0.15) is 0 Å². The van der Waals surface area contributed by atoms with Crippen LogP contribution in [0.3, 0.4) is 0 Å². The molecule has 0 saturated carbocycles. The zero-order valence-corrected chi connectivity index (χ0v) is 11.3. The average molecular weight is 266 g/mol. The molecule has 5 heteroatoms. The predicted octanol–water partition coefficient (Wildman–Crippen LogP) is 2.86. The first-order valence-corrected chi connectivity index (χ1v) is 6.26.